The molecule has 1 aliphatic rings. The number of carbonyl (C=O) groups is 2. The van der Waals surface area contributed by atoms with Gasteiger partial charge in [0.2, 0.25) is 11.8 Å². The number of hydrogen-bond donors (Lipinski definition) is 5. The summed E-state index contributed by atoms with van der Waals surface area (Å²) in [6, 6.07) is -1.80. The molecule has 1 rings (SSSR count). The molecule has 0 saturated carbocycles. The Morgan fingerprint density at radius 1 is 1.48 bits per heavy atom. The first-order valence-electron chi connectivity index (χ1n) is 7.41. The third-order valence-electron chi connectivity index (χ3n) is 3.44. The van der Waals surface area contributed by atoms with Gasteiger partial charge in [-0.25, -0.2) is 15.1 Å². The Bertz CT molecular complexity index is 587. The Balaban J connectivity index is 2.44. The smallest absolute Gasteiger partial charge is 0.251 e. The molecule has 14 heteroatoms. The Hall–Kier alpha value is -3.12. The quantitative estimate of drug-likeness (QED) is 0.0450. The highest BCUT2D eigenvalue weighted by atomic mass is 16.7. The minimum Gasteiger partial charge on any atom is -0.368 e. The summed E-state index contributed by atoms with van der Waals surface area (Å²) in [6.07, 6.45) is 0.852. The third-order valence-corrected chi connectivity index (χ3v) is 3.44. The van der Waals surface area contributed by atoms with Crippen LogP contribution in [-0.4, -0.2) is 54.0 Å². The van der Waals surface area contributed by atoms with Crippen molar-refractivity contribution in [2.45, 2.75) is 37.4 Å². The molecule has 7 N–H and O–H groups in total. The van der Waals surface area contributed by atoms with Gasteiger partial charge in [0.05, 0.1) is 12.1 Å². The van der Waals surface area contributed by atoms with Gasteiger partial charge in [-0.1, -0.05) is 10.5 Å². The number of nitrogens with one attached hydrogen (secondary N) is 3. The molecule has 1 aliphatic heterocycles. The molecular weight excluding hydrogens is 336 g/mol. The van der Waals surface area contributed by atoms with Crippen LogP contribution in [0.4, 0.5) is 0 Å². The molecule has 25 heavy (non-hydrogen) atoms. The minimum absolute atomic E-state index is 0.118. The fraction of sp³-hybridized carbons (Fsp3) is 0.727. The second kappa shape index (κ2) is 9.89. The summed E-state index contributed by atoms with van der Waals surface area (Å²) < 4.78 is 0. The summed E-state index contributed by atoms with van der Waals surface area (Å²) in [7, 11) is 0. The second-order valence-electron chi connectivity index (χ2n) is 5.30. The van der Waals surface area contributed by atoms with Crippen LogP contribution in [0.2, 0.25) is 0 Å². The van der Waals surface area contributed by atoms with Gasteiger partial charge in [-0.2, -0.15) is 0 Å². The van der Waals surface area contributed by atoms with Gasteiger partial charge in [-0.15, -0.1) is 0 Å². The first-order valence-corrected chi connectivity index (χ1v) is 7.41. The highest BCUT2D eigenvalue weighted by Gasteiger charge is 2.30. The van der Waals surface area contributed by atoms with Crippen molar-refractivity contribution in [2.24, 2.45) is 21.6 Å². The third kappa shape index (κ3) is 7.32. The monoisotopic (exact) mass is 356 g/mol. The predicted octanol–water partition coefficient (Wildman–Crippen LogP) is -2.13. The number of primary amides is 1. The minimum atomic E-state index is -0.910. The average molecular weight is 356 g/mol. The zero-order valence-corrected chi connectivity index (χ0v) is 13.3. The van der Waals surface area contributed by atoms with Gasteiger partial charge >= 0.3 is 0 Å². The zero-order chi connectivity index (χ0) is 18.8. The number of aliphatic imine (C=N–C) groups is 1. The summed E-state index contributed by atoms with van der Waals surface area (Å²) in [5, 5.41) is 18.3. The lowest BCUT2D eigenvalue weighted by molar-refractivity contribution is -0.525. The maximum atomic E-state index is 12.1. The lowest BCUT2D eigenvalue weighted by atomic mass is 10.1. The van der Waals surface area contributed by atoms with Crippen molar-refractivity contribution in [1.82, 2.24) is 16.1 Å². The summed E-state index contributed by atoms with van der Waals surface area (Å²) in [5.41, 5.74) is 20.6. The predicted molar refractivity (Wildman–Crippen MR) is 86.3 cm³/mol. The van der Waals surface area contributed by atoms with Crippen molar-refractivity contribution in [1.29, 1.82) is 0 Å². The fourth-order valence-electron chi connectivity index (χ4n) is 2.26. The molecule has 0 unspecified atom stereocenters. The molecule has 1 fully saturated rings. The molecule has 1 saturated heterocycles. The van der Waals surface area contributed by atoms with Gasteiger partial charge in [-0.05, 0) is 24.8 Å². The van der Waals surface area contributed by atoms with E-state index in [1.807, 2.05) is 0 Å². The number of hydrazine groups is 1. The SMILES string of the molecule is [N-]=[N+]=N[C@@H]1CN[C@@H](C(=O)N[C@@H](CCCN=C(N)N[N+](=O)[O-])C(N)=O)C1. The van der Waals surface area contributed by atoms with Gasteiger partial charge in [0.15, 0.2) is 5.03 Å². The van der Waals surface area contributed by atoms with Gasteiger partial charge in [0.25, 0.3) is 5.96 Å². The van der Waals surface area contributed by atoms with Crippen LogP contribution < -0.4 is 27.5 Å². The van der Waals surface area contributed by atoms with Crippen LogP contribution in [0.25, 0.3) is 10.4 Å². The molecule has 0 bridgehead atoms. The molecule has 0 aromatic carbocycles. The Labute approximate surface area is 142 Å². The molecule has 138 valence electrons. The van der Waals surface area contributed by atoms with Crippen molar-refractivity contribution in [3.8, 4) is 0 Å². The maximum absolute atomic E-state index is 12.1. The number of rotatable bonds is 9. The second-order valence-corrected chi connectivity index (χ2v) is 5.30. The highest BCUT2D eigenvalue weighted by Crippen LogP contribution is 2.11. The number of nitro groups is 1. The molecule has 2 amide bonds. The topological polar surface area (TPSA) is 227 Å². The first kappa shape index (κ1) is 19.9. The zero-order valence-electron chi connectivity index (χ0n) is 13.3. The average Bonchev–Trinajstić information content (AvgIpc) is 2.98. The van der Waals surface area contributed by atoms with E-state index in [4.69, 9.17) is 17.0 Å². The fourth-order valence-corrected chi connectivity index (χ4v) is 2.26. The maximum Gasteiger partial charge on any atom is 0.251 e. The number of hydrogen-bond acceptors (Lipinski definition) is 7. The molecule has 1 heterocycles. The number of guanidine groups is 1. The van der Waals surface area contributed by atoms with Crippen LogP contribution >= 0.6 is 0 Å². The Kier molecular flexibility index (Phi) is 7.89. The Morgan fingerprint density at radius 2 is 2.20 bits per heavy atom. The van der Waals surface area contributed by atoms with Crippen molar-refractivity contribution < 1.29 is 14.6 Å². The van der Waals surface area contributed by atoms with E-state index in [1.165, 1.54) is 0 Å². The summed E-state index contributed by atoms with van der Waals surface area (Å²) >= 11 is 0. The molecule has 0 aromatic heterocycles. The molecule has 0 aromatic rings. The lowest BCUT2D eigenvalue weighted by Crippen LogP contribution is -2.50. The van der Waals surface area contributed by atoms with Crippen LogP contribution in [0.15, 0.2) is 10.1 Å². The number of amides is 2. The number of nitrogens with zero attached hydrogens (tertiary/aromatic N) is 5. The first-order chi connectivity index (χ1) is 11.8. The summed E-state index contributed by atoms with van der Waals surface area (Å²) in [5.74, 6) is -1.49. The highest BCUT2D eigenvalue weighted by molar-refractivity contribution is 5.89. The van der Waals surface area contributed by atoms with E-state index in [0.717, 1.165) is 0 Å². The van der Waals surface area contributed by atoms with Gasteiger partial charge < -0.3 is 22.1 Å². The normalized spacial score (nSPS) is 21.0. The van der Waals surface area contributed by atoms with Crippen LogP contribution in [0.3, 0.4) is 0 Å². The van der Waals surface area contributed by atoms with Gasteiger partial charge in [-0.3, -0.25) is 9.59 Å². The molecular formula is C11H20N10O4. The number of nitrogens with two attached hydrogens (primary N) is 2. The van der Waals surface area contributed by atoms with E-state index in [-0.39, 0.29) is 25.0 Å². The summed E-state index contributed by atoms with van der Waals surface area (Å²) in [6.45, 7) is 0.494. The van der Waals surface area contributed by atoms with Crippen LogP contribution in [0.5, 0.6) is 0 Å². The Morgan fingerprint density at radius 3 is 2.80 bits per heavy atom. The van der Waals surface area contributed by atoms with E-state index < -0.39 is 28.9 Å². The molecule has 0 aliphatic carbocycles. The lowest BCUT2D eigenvalue weighted by Gasteiger charge is -2.18. The van der Waals surface area contributed by atoms with Crippen molar-refractivity contribution in [3.63, 3.8) is 0 Å². The van der Waals surface area contributed by atoms with E-state index in [2.05, 4.69) is 25.7 Å². The van der Waals surface area contributed by atoms with Crippen LogP contribution in [0, 0.1) is 10.1 Å². The molecule has 0 radical (unpaired) electrons. The summed E-state index contributed by atoms with van der Waals surface area (Å²) in [4.78, 5) is 40.1. The van der Waals surface area contributed by atoms with E-state index >= 15 is 0 Å². The van der Waals surface area contributed by atoms with Crippen LogP contribution in [0.1, 0.15) is 19.3 Å². The number of carbonyl (C=O) groups excluding carboxylic acids is 2. The number of azide groups is 1. The van der Waals surface area contributed by atoms with Crippen molar-refractivity contribution in [2.75, 3.05) is 13.1 Å². The largest absolute Gasteiger partial charge is 0.368 e. The van der Waals surface area contributed by atoms with Gasteiger partial charge in [0, 0.05) is 18.0 Å². The molecule has 14 nitrogen and oxygen atoms in total. The van der Waals surface area contributed by atoms with Gasteiger partial charge in [0.1, 0.15) is 6.04 Å². The van der Waals surface area contributed by atoms with Crippen LogP contribution in [-0.2, 0) is 9.59 Å². The molecule has 0 spiro atoms. The van der Waals surface area contributed by atoms with Crippen molar-refractivity contribution >= 4 is 17.8 Å². The van der Waals surface area contributed by atoms with Crippen molar-refractivity contribution in [3.05, 3.63) is 20.6 Å². The van der Waals surface area contributed by atoms with E-state index in [0.29, 0.717) is 19.4 Å². The van der Waals surface area contributed by atoms with E-state index in [1.54, 1.807) is 5.43 Å². The van der Waals surface area contributed by atoms with E-state index in [9.17, 15) is 19.7 Å². The molecule has 3 atom stereocenters. The standard InChI is InChI=1S/C11H20N10O4/c12-9(22)7(2-1-3-15-11(13)19-21(24)25)17-10(23)8-4-6(5-16-8)18-20-14/h6-8,16H,1-5H2,(H2,12,22)(H,17,23)(H3,13,15,19)/t6-,7-,8+/m0/s1.